The molecule has 1 aliphatic carbocycles. The van der Waals surface area contributed by atoms with Gasteiger partial charge in [0.15, 0.2) is 0 Å². The molecule has 1 saturated carbocycles. The van der Waals surface area contributed by atoms with Crippen LogP contribution in [0.3, 0.4) is 0 Å². The normalized spacial score (nSPS) is 37.5. The van der Waals surface area contributed by atoms with Crippen molar-refractivity contribution in [2.45, 2.75) is 37.9 Å². The molecule has 1 heterocycles. The van der Waals surface area contributed by atoms with Gasteiger partial charge in [0.1, 0.15) is 0 Å². The standard InChI is InChI=1S/C11H20N2O2/c1-7-10(11(14)15)9(12(2)3)6-13(7)8-4-5-8/h7-10H,4-6H2,1-3H3,(H,14,15). The molecule has 1 saturated heterocycles. The van der Waals surface area contributed by atoms with Crippen LogP contribution in [0.15, 0.2) is 0 Å². The van der Waals surface area contributed by atoms with Crippen molar-refractivity contribution in [3.05, 3.63) is 0 Å². The van der Waals surface area contributed by atoms with Crippen molar-refractivity contribution >= 4 is 5.97 Å². The zero-order valence-corrected chi connectivity index (χ0v) is 9.68. The number of likely N-dealkylation sites (tertiary alicyclic amines) is 1. The molecule has 0 amide bonds. The first-order valence-corrected chi connectivity index (χ1v) is 5.67. The summed E-state index contributed by atoms with van der Waals surface area (Å²) in [6.45, 7) is 2.97. The van der Waals surface area contributed by atoms with E-state index >= 15 is 0 Å². The van der Waals surface area contributed by atoms with Crippen molar-refractivity contribution in [3.63, 3.8) is 0 Å². The molecule has 3 unspecified atom stereocenters. The summed E-state index contributed by atoms with van der Waals surface area (Å²) < 4.78 is 0. The molecule has 0 aromatic carbocycles. The van der Waals surface area contributed by atoms with Gasteiger partial charge in [0, 0.05) is 24.7 Å². The molecule has 0 radical (unpaired) electrons. The lowest BCUT2D eigenvalue weighted by molar-refractivity contribution is -0.143. The van der Waals surface area contributed by atoms with Crippen molar-refractivity contribution in [1.82, 2.24) is 9.80 Å². The quantitative estimate of drug-likeness (QED) is 0.739. The van der Waals surface area contributed by atoms with Crippen LogP contribution >= 0.6 is 0 Å². The molecule has 2 rings (SSSR count). The predicted octanol–water partition coefficient (Wildman–Crippen LogP) is 0.484. The summed E-state index contributed by atoms with van der Waals surface area (Å²) in [7, 11) is 3.95. The van der Waals surface area contributed by atoms with Crippen LogP contribution in [0.1, 0.15) is 19.8 Å². The zero-order chi connectivity index (χ0) is 11.2. The minimum absolute atomic E-state index is 0.165. The van der Waals surface area contributed by atoms with Gasteiger partial charge in [-0.05, 0) is 33.9 Å². The second-order valence-electron chi connectivity index (χ2n) is 5.06. The molecule has 0 aromatic heterocycles. The van der Waals surface area contributed by atoms with Crippen LogP contribution in [0.4, 0.5) is 0 Å². The van der Waals surface area contributed by atoms with Crippen molar-refractivity contribution in [3.8, 4) is 0 Å². The first-order valence-electron chi connectivity index (χ1n) is 5.67. The average Bonchev–Trinajstić information content (AvgIpc) is 2.89. The van der Waals surface area contributed by atoms with Crippen LogP contribution in [-0.4, -0.2) is 59.6 Å². The third kappa shape index (κ3) is 1.88. The summed E-state index contributed by atoms with van der Waals surface area (Å²) in [4.78, 5) is 15.7. The fourth-order valence-electron chi connectivity index (χ4n) is 2.77. The topological polar surface area (TPSA) is 43.8 Å². The minimum Gasteiger partial charge on any atom is -0.481 e. The van der Waals surface area contributed by atoms with E-state index in [2.05, 4.69) is 16.7 Å². The lowest BCUT2D eigenvalue weighted by atomic mass is 9.97. The van der Waals surface area contributed by atoms with Crippen LogP contribution < -0.4 is 0 Å². The summed E-state index contributed by atoms with van der Waals surface area (Å²) in [6, 6.07) is 1.01. The van der Waals surface area contributed by atoms with E-state index in [0.29, 0.717) is 6.04 Å². The number of carboxylic acid groups (broad SMARTS) is 1. The van der Waals surface area contributed by atoms with Gasteiger partial charge in [-0.25, -0.2) is 0 Å². The highest BCUT2D eigenvalue weighted by Crippen LogP contribution is 2.37. The molecule has 0 aromatic rings. The molecular weight excluding hydrogens is 192 g/mol. The highest BCUT2D eigenvalue weighted by atomic mass is 16.4. The molecule has 86 valence electrons. The highest BCUT2D eigenvalue weighted by Gasteiger charge is 2.48. The Bertz CT molecular complexity index is 263. The van der Waals surface area contributed by atoms with Crippen LogP contribution in [0.25, 0.3) is 0 Å². The van der Waals surface area contributed by atoms with Gasteiger partial charge in [-0.1, -0.05) is 0 Å². The molecule has 4 nitrogen and oxygen atoms in total. The van der Waals surface area contributed by atoms with Gasteiger partial charge in [-0.2, -0.15) is 0 Å². The van der Waals surface area contributed by atoms with E-state index in [1.165, 1.54) is 12.8 Å². The lowest BCUT2D eigenvalue weighted by Gasteiger charge is -2.23. The molecule has 3 atom stereocenters. The largest absolute Gasteiger partial charge is 0.481 e. The second kappa shape index (κ2) is 3.76. The van der Waals surface area contributed by atoms with Crippen LogP contribution in [-0.2, 0) is 4.79 Å². The monoisotopic (exact) mass is 212 g/mol. The number of hydrogen-bond acceptors (Lipinski definition) is 3. The fourth-order valence-corrected chi connectivity index (χ4v) is 2.77. The number of nitrogens with zero attached hydrogens (tertiary/aromatic N) is 2. The molecular formula is C11H20N2O2. The Hall–Kier alpha value is -0.610. The molecule has 1 aliphatic heterocycles. The number of rotatable bonds is 3. The molecule has 4 heteroatoms. The predicted molar refractivity (Wildman–Crippen MR) is 57.8 cm³/mol. The number of carbonyl (C=O) groups is 1. The van der Waals surface area contributed by atoms with Gasteiger partial charge >= 0.3 is 5.97 Å². The first kappa shape index (κ1) is 10.9. The first-order chi connectivity index (χ1) is 7.02. The fraction of sp³-hybridized carbons (Fsp3) is 0.909. The maximum Gasteiger partial charge on any atom is 0.309 e. The van der Waals surface area contributed by atoms with E-state index in [9.17, 15) is 9.90 Å². The summed E-state index contributed by atoms with van der Waals surface area (Å²) in [5, 5.41) is 9.27. The van der Waals surface area contributed by atoms with Gasteiger partial charge in [-0.15, -0.1) is 0 Å². The maximum atomic E-state index is 11.3. The number of aliphatic carboxylic acids is 1. The Labute approximate surface area is 90.9 Å². The molecule has 0 spiro atoms. The van der Waals surface area contributed by atoms with E-state index in [1.54, 1.807) is 0 Å². The van der Waals surface area contributed by atoms with E-state index in [4.69, 9.17) is 0 Å². The van der Waals surface area contributed by atoms with Crippen molar-refractivity contribution in [1.29, 1.82) is 0 Å². The highest BCUT2D eigenvalue weighted by molar-refractivity contribution is 5.72. The van der Waals surface area contributed by atoms with E-state index in [1.807, 2.05) is 14.1 Å². The smallest absolute Gasteiger partial charge is 0.309 e. The van der Waals surface area contributed by atoms with Crippen molar-refractivity contribution < 1.29 is 9.90 Å². The lowest BCUT2D eigenvalue weighted by Crippen LogP contribution is -2.40. The average molecular weight is 212 g/mol. The third-order valence-corrected chi connectivity index (χ3v) is 3.82. The Kier molecular flexibility index (Phi) is 2.73. The van der Waals surface area contributed by atoms with Gasteiger partial charge in [0.25, 0.3) is 0 Å². The van der Waals surface area contributed by atoms with Gasteiger partial charge in [0.2, 0.25) is 0 Å². The molecule has 15 heavy (non-hydrogen) atoms. The Morgan fingerprint density at radius 1 is 1.40 bits per heavy atom. The van der Waals surface area contributed by atoms with E-state index < -0.39 is 5.97 Å². The summed E-state index contributed by atoms with van der Waals surface area (Å²) >= 11 is 0. The zero-order valence-electron chi connectivity index (χ0n) is 9.68. The Balaban J connectivity index is 2.14. The van der Waals surface area contributed by atoms with Gasteiger partial charge < -0.3 is 10.0 Å². The Morgan fingerprint density at radius 3 is 2.33 bits per heavy atom. The second-order valence-corrected chi connectivity index (χ2v) is 5.06. The van der Waals surface area contributed by atoms with E-state index in [-0.39, 0.29) is 18.0 Å². The maximum absolute atomic E-state index is 11.3. The van der Waals surface area contributed by atoms with Crippen molar-refractivity contribution in [2.75, 3.05) is 20.6 Å². The summed E-state index contributed by atoms with van der Waals surface area (Å²) in [5.41, 5.74) is 0. The molecule has 0 bridgehead atoms. The Morgan fingerprint density at radius 2 is 2.00 bits per heavy atom. The minimum atomic E-state index is -0.649. The number of carboxylic acids is 1. The summed E-state index contributed by atoms with van der Waals surface area (Å²) in [6.07, 6.45) is 2.49. The number of likely N-dealkylation sites (N-methyl/N-ethyl adjacent to an activating group) is 1. The van der Waals surface area contributed by atoms with E-state index in [0.717, 1.165) is 6.54 Å². The van der Waals surface area contributed by atoms with Crippen LogP contribution in [0.2, 0.25) is 0 Å². The van der Waals surface area contributed by atoms with Crippen LogP contribution in [0.5, 0.6) is 0 Å². The SMILES string of the molecule is CC1C(C(=O)O)C(N(C)C)CN1C1CC1. The third-order valence-electron chi connectivity index (χ3n) is 3.82. The molecule has 2 aliphatic rings. The van der Waals surface area contributed by atoms with Gasteiger partial charge in [0.05, 0.1) is 5.92 Å². The van der Waals surface area contributed by atoms with Crippen LogP contribution in [0, 0.1) is 5.92 Å². The number of hydrogen-bond donors (Lipinski definition) is 1. The molecule has 2 fully saturated rings. The van der Waals surface area contributed by atoms with Crippen molar-refractivity contribution in [2.24, 2.45) is 5.92 Å². The van der Waals surface area contributed by atoms with Gasteiger partial charge in [-0.3, -0.25) is 9.69 Å². The summed E-state index contributed by atoms with van der Waals surface area (Å²) in [5.74, 6) is -0.884. The molecule has 1 N–H and O–H groups in total.